The van der Waals surface area contributed by atoms with Gasteiger partial charge in [0.1, 0.15) is 0 Å². The Balaban J connectivity index is 3.13. The second-order valence-electron chi connectivity index (χ2n) is 4.92. The van der Waals surface area contributed by atoms with Gasteiger partial charge >= 0.3 is 5.69 Å². The lowest BCUT2D eigenvalue weighted by atomic mass is 9.95. The predicted molar refractivity (Wildman–Crippen MR) is 81.1 cm³/mol. The topological polar surface area (TPSA) is 81.5 Å². The molecular formula is C14H19ClN2O4. The van der Waals surface area contributed by atoms with Crippen molar-refractivity contribution in [2.75, 3.05) is 13.0 Å². The molecule has 0 bridgehead atoms. The van der Waals surface area contributed by atoms with Gasteiger partial charge in [0, 0.05) is 17.5 Å². The summed E-state index contributed by atoms with van der Waals surface area (Å²) in [5.41, 5.74) is -0.560. The van der Waals surface area contributed by atoms with Crippen LogP contribution in [-0.2, 0) is 0 Å². The minimum Gasteiger partial charge on any atom is -0.490 e. The summed E-state index contributed by atoms with van der Waals surface area (Å²) in [5, 5.41) is 13.9. The highest BCUT2D eigenvalue weighted by Gasteiger charge is 2.28. The van der Waals surface area contributed by atoms with Crippen LogP contribution in [0.2, 0.25) is 0 Å². The Morgan fingerprint density at radius 2 is 2.19 bits per heavy atom. The van der Waals surface area contributed by atoms with Crippen LogP contribution < -0.4 is 10.1 Å². The van der Waals surface area contributed by atoms with Crippen LogP contribution in [0.25, 0.3) is 0 Å². The lowest BCUT2D eigenvalue weighted by molar-refractivity contribution is -0.385. The van der Waals surface area contributed by atoms with E-state index in [-0.39, 0.29) is 17.0 Å². The van der Waals surface area contributed by atoms with E-state index in [4.69, 9.17) is 16.3 Å². The number of hydrogen-bond acceptors (Lipinski definition) is 4. The average molecular weight is 315 g/mol. The maximum Gasteiger partial charge on any atom is 0.311 e. The van der Waals surface area contributed by atoms with Crippen LogP contribution in [0.15, 0.2) is 18.2 Å². The zero-order valence-corrected chi connectivity index (χ0v) is 13.1. The number of carbonyl (C=O) groups is 1. The largest absolute Gasteiger partial charge is 0.490 e. The van der Waals surface area contributed by atoms with Crippen molar-refractivity contribution in [1.29, 1.82) is 0 Å². The summed E-state index contributed by atoms with van der Waals surface area (Å²) in [4.78, 5) is 22.8. The average Bonchev–Trinajstić information content (AvgIpc) is 2.46. The van der Waals surface area contributed by atoms with Crippen LogP contribution in [0.3, 0.4) is 0 Å². The van der Waals surface area contributed by atoms with Crippen molar-refractivity contribution < 1.29 is 14.5 Å². The molecule has 0 aliphatic carbocycles. The number of nitro groups is 1. The minimum atomic E-state index is -0.576. The molecule has 116 valence electrons. The fraction of sp³-hybridized carbons (Fsp3) is 0.500. The van der Waals surface area contributed by atoms with Gasteiger partial charge in [-0.25, -0.2) is 0 Å². The molecule has 1 unspecified atom stereocenters. The molecule has 1 amide bonds. The molecule has 0 heterocycles. The number of para-hydroxylation sites is 1. The van der Waals surface area contributed by atoms with E-state index in [9.17, 15) is 14.9 Å². The molecule has 21 heavy (non-hydrogen) atoms. The number of halogens is 1. The van der Waals surface area contributed by atoms with Gasteiger partial charge in [0.05, 0.1) is 17.6 Å². The number of hydrogen-bond donors (Lipinski definition) is 1. The highest BCUT2D eigenvalue weighted by molar-refractivity contribution is 6.17. The molecule has 0 fully saturated rings. The quantitative estimate of drug-likeness (QED) is 0.476. The second kappa shape index (κ2) is 7.26. The van der Waals surface area contributed by atoms with Crippen molar-refractivity contribution >= 4 is 23.2 Å². The lowest BCUT2D eigenvalue weighted by Crippen LogP contribution is -2.46. The number of nitrogens with one attached hydrogen (secondary N) is 1. The predicted octanol–water partition coefficient (Wildman–Crippen LogP) is 3.13. The first-order chi connectivity index (χ1) is 9.88. The third kappa shape index (κ3) is 4.07. The molecule has 0 radical (unpaired) electrons. The number of alkyl halides is 1. The number of ether oxygens (including phenoxy) is 1. The van der Waals surface area contributed by atoms with Gasteiger partial charge in [-0.1, -0.05) is 13.0 Å². The van der Waals surface area contributed by atoms with Gasteiger partial charge in [-0.2, -0.15) is 0 Å². The van der Waals surface area contributed by atoms with Crippen molar-refractivity contribution in [3.05, 3.63) is 33.9 Å². The molecule has 1 rings (SSSR count). The SMILES string of the molecule is CCC(C)(CCCl)NC(=O)c1cccc([N+](=O)[O-])c1OC. The normalized spacial score (nSPS) is 13.3. The number of amides is 1. The highest BCUT2D eigenvalue weighted by atomic mass is 35.5. The van der Waals surface area contributed by atoms with Crippen molar-refractivity contribution in [2.45, 2.75) is 32.2 Å². The van der Waals surface area contributed by atoms with Gasteiger partial charge in [0.2, 0.25) is 5.75 Å². The number of methoxy groups -OCH3 is 1. The van der Waals surface area contributed by atoms with Crippen molar-refractivity contribution in [3.63, 3.8) is 0 Å². The Kier molecular flexibility index (Phi) is 5.96. The Morgan fingerprint density at radius 3 is 2.67 bits per heavy atom. The molecule has 1 aromatic rings. The molecule has 7 heteroatoms. The number of nitrogens with zero attached hydrogens (tertiary/aromatic N) is 1. The summed E-state index contributed by atoms with van der Waals surface area (Å²) in [6.07, 6.45) is 1.30. The Labute approximate surface area is 128 Å². The van der Waals surface area contributed by atoms with Gasteiger partial charge < -0.3 is 10.1 Å². The fourth-order valence-electron chi connectivity index (χ4n) is 1.94. The maximum absolute atomic E-state index is 12.4. The van der Waals surface area contributed by atoms with E-state index in [1.54, 1.807) is 0 Å². The third-order valence-electron chi connectivity index (χ3n) is 3.48. The van der Waals surface area contributed by atoms with Crippen LogP contribution in [0.5, 0.6) is 5.75 Å². The maximum atomic E-state index is 12.4. The molecule has 0 saturated heterocycles. The molecule has 1 N–H and O–H groups in total. The summed E-state index contributed by atoms with van der Waals surface area (Å²) >= 11 is 5.75. The standard InChI is InChI=1S/C14H19ClN2O4/c1-4-14(2,8-9-15)16-13(18)10-6-5-7-11(17(19)20)12(10)21-3/h5-7H,4,8-9H2,1-3H3,(H,16,18). The minimum absolute atomic E-state index is 0.0377. The van der Waals surface area contributed by atoms with Gasteiger partial charge in [-0.3, -0.25) is 14.9 Å². The van der Waals surface area contributed by atoms with Gasteiger partial charge in [-0.05, 0) is 25.8 Å². The monoisotopic (exact) mass is 314 g/mol. The van der Waals surface area contributed by atoms with Crippen LogP contribution >= 0.6 is 11.6 Å². The highest BCUT2D eigenvalue weighted by Crippen LogP contribution is 2.31. The van der Waals surface area contributed by atoms with Crippen LogP contribution in [0.1, 0.15) is 37.0 Å². The zero-order valence-electron chi connectivity index (χ0n) is 12.3. The first-order valence-corrected chi connectivity index (χ1v) is 7.12. The first kappa shape index (κ1) is 17.2. The third-order valence-corrected chi connectivity index (χ3v) is 3.67. The van der Waals surface area contributed by atoms with Crippen molar-refractivity contribution in [2.24, 2.45) is 0 Å². The Hall–Kier alpha value is -1.82. The molecule has 1 aromatic carbocycles. The number of benzene rings is 1. The zero-order chi connectivity index (χ0) is 16.0. The Bertz CT molecular complexity index is 536. The van der Waals surface area contributed by atoms with Gasteiger partial charge in [0.25, 0.3) is 5.91 Å². The molecule has 0 aliphatic heterocycles. The van der Waals surface area contributed by atoms with Crippen LogP contribution in [-0.4, -0.2) is 29.4 Å². The molecule has 0 aromatic heterocycles. The van der Waals surface area contributed by atoms with E-state index in [0.29, 0.717) is 18.7 Å². The van der Waals surface area contributed by atoms with Crippen molar-refractivity contribution in [3.8, 4) is 5.75 Å². The Morgan fingerprint density at radius 1 is 1.52 bits per heavy atom. The summed E-state index contributed by atoms with van der Waals surface area (Å²) < 4.78 is 5.04. The second-order valence-corrected chi connectivity index (χ2v) is 5.30. The number of carbonyl (C=O) groups excluding carboxylic acids is 1. The van der Waals surface area contributed by atoms with E-state index in [0.717, 1.165) is 0 Å². The fourth-order valence-corrected chi connectivity index (χ4v) is 2.36. The van der Waals surface area contributed by atoms with Crippen LogP contribution in [0, 0.1) is 10.1 Å². The van der Waals surface area contributed by atoms with Crippen LogP contribution in [0.4, 0.5) is 5.69 Å². The van der Waals surface area contributed by atoms with E-state index < -0.39 is 16.4 Å². The molecule has 1 atom stereocenters. The van der Waals surface area contributed by atoms with Crippen molar-refractivity contribution in [1.82, 2.24) is 5.32 Å². The summed E-state index contributed by atoms with van der Waals surface area (Å²) in [7, 11) is 1.30. The number of nitro benzene ring substituents is 1. The van der Waals surface area contributed by atoms with E-state index in [1.165, 1.54) is 25.3 Å². The first-order valence-electron chi connectivity index (χ1n) is 6.58. The van der Waals surface area contributed by atoms with E-state index >= 15 is 0 Å². The van der Waals surface area contributed by atoms with E-state index in [2.05, 4.69) is 5.32 Å². The summed E-state index contributed by atoms with van der Waals surface area (Å²) in [5.74, 6) is -0.0363. The molecule has 0 saturated carbocycles. The van der Waals surface area contributed by atoms with E-state index in [1.807, 2.05) is 13.8 Å². The summed E-state index contributed by atoms with van der Waals surface area (Å²) in [6, 6.07) is 4.26. The molecular weight excluding hydrogens is 296 g/mol. The summed E-state index contributed by atoms with van der Waals surface area (Å²) in [6.45, 7) is 3.83. The van der Waals surface area contributed by atoms with Gasteiger partial charge in [0.15, 0.2) is 0 Å². The lowest BCUT2D eigenvalue weighted by Gasteiger charge is -2.29. The smallest absolute Gasteiger partial charge is 0.311 e. The molecule has 0 spiro atoms. The molecule has 0 aliphatic rings. The molecule has 6 nitrogen and oxygen atoms in total. The number of rotatable bonds is 7. The van der Waals surface area contributed by atoms with Gasteiger partial charge in [-0.15, -0.1) is 11.6 Å².